The molecule has 1 aromatic heterocycles. The third-order valence-electron chi connectivity index (χ3n) is 4.06. The van der Waals surface area contributed by atoms with E-state index in [0.29, 0.717) is 37.8 Å². The van der Waals surface area contributed by atoms with Gasteiger partial charge in [0.15, 0.2) is 5.69 Å². The molecule has 1 aliphatic rings. The molecule has 0 bridgehead atoms. The topological polar surface area (TPSA) is 73.4 Å². The number of anilines is 1. The van der Waals surface area contributed by atoms with Gasteiger partial charge < -0.3 is 15.4 Å². The van der Waals surface area contributed by atoms with Gasteiger partial charge in [0.2, 0.25) is 0 Å². The van der Waals surface area contributed by atoms with E-state index >= 15 is 0 Å². The van der Waals surface area contributed by atoms with Crippen molar-refractivity contribution in [3.05, 3.63) is 41.1 Å². The Morgan fingerprint density at radius 1 is 1.27 bits per heavy atom. The number of rotatable bonds is 2. The molecule has 0 aliphatic carbocycles. The number of nitrogens with two attached hydrogens (primary N) is 1. The average Bonchev–Trinajstić information content (AvgIpc) is 2.92. The van der Waals surface area contributed by atoms with E-state index in [1.807, 2.05) is 32.0 Å². The third-order valence-corrected chi connectivity index (χ3v) is 4.06. The molecule has 1 aromatic carbocycles. The highest BCUT2D eigenvalue weighted by Gasteiger charge is 2.22. The lowest BCUT2D eigenvalue weighted by atomic mass is 10.1. The monoisotopic (exact) mass is 300 g/mol. The van der Waals surface area contributed by atoms with Gasteiger partial charge in [0, 0.05) is 19.2 Å². The second-order valence-corrected chi connectivity index (χ2v) is 5.49. The van der Waals surface area contributed by atoms with Crippen molar-refractivity contribution >= 4 is 11.7 Å². The van der Waals surface area contributed by atoms with E-state index in [9.17, 15) is 4.79 Å². The Morgan fingerprint density at radius 3 is 2.73 bits per heavy atom. The van der Waals surface area contributed by atoms with Crippen LogP contribution in [-0.4, -0.2) is 46.9 Å². The zero-order chi connectivity index (χ0) is 15.7. The van der Waals surface area contributed by atoms with Gasteiger partial charge in [-0.05, 0) is 31.0 Å². The standard InChI is InChI=1S/C16H20N4O2/c1-11-4-3-5-14(12(11)2)20-15(17)10-13(18-20)16(21)19-6-8-22-9-7-19/h3-5,10H,6-9,17H2,1-2H3. The van der Waals surface area contributed by atoms with E-state index in [1.54, 1.807) is 15.6 Å². The van der Waals surface area contributed by atoms with Crippen molar-refractivity contribution < 1.29 is 9.53 Å². The fourth-order valence-corrected chi connectivity index (χ4v) is 2.59. The fourth-order valence-electron chi connectivity index (χ4n) is 2.59. The van der Waals surface area contributed by atoms with Crippen LogP contribution >= 0.6 is 0 Å². The molecule has 0 spiro atoms. The van der Waals surface area contributed by atoms with Crippen LogP contribution in [0.5, 0.6) is 0 Å². The van der Waals surface area contributed by atoms with Crippen molar-refractivity contribution in [3.63, 3.8) is 0 Å². The normalized spacial score (nSPS) is 15.1. The number of carbonyl (C=O) groups excluding carboxylic acids is 1. The molecule has 1 amide bonds. The van der Waals surface area contributed by atoms with E-state index in [1.165, 1.54) is 0 Å². The number of carbonyl (C=O) groups is 1. The van der Waals surface area contributed by atoms with Gasteiger partial charge in [-0.2, -0.15) is 5.10 Å². The number of amides is 1. The fraction of sp³-hybridized carbons (Fsp3) is 0.375. The van der Waals surface area contributed by atoms with Crippen molar-refractivity contribution in [2.24, 2.45) is 0 Å². The molecule has 3 rings (SSSR count). The van der Waals surface area contributed by atoms with Gasteiger partial charge in [0.1, 0.15) is 5.82 Å². The lowest BCUT2D eigenvalue weighted by molar-refractivity contribution is 0.0298. The van der Waals surface area contributed by atoms with Gasteiger partial charge >= 0.3 is 0 Å². The van der Waals surface area contributed by atoms with E-state index in [2.05, 4.69) is 5.10 Å². The molecular weight excluding hydrogens is 280 g/mol. The third kappa shape index (κ3) is 2.57. The summed E-state index contributed by atoms with van der Waals surface area (Å²) in [6.07, 6.45) is 0. The molecule has 0 radical (unpaired) electrons. The first-order valence-electron chi connectivity index (χ1n) is 7.37. The quantitative estimate of drug-likeness (QED) is 0.913. The lowest BCUT2D eigenvalue weighted by Crippen LogP contribution is -2.40. The van der Waals surface area contributed by atoms with Gasteiger partial charge in [0.25, 0.3) is 5.91 Å². The maximum Gasteiger partial charge on any atom is 0.274 e. The SMILES string of the molecule is Cc1cccc(-n2nc(C(=O)N3CCOCC3)cc2N)c1C. The van der Waals surface area contributed by atoms with E-state index in [0.717, 1.165) is 16.8 Å². The number of hydrogen-bond donors (Lipinski definition) is 1. The second kappa shape index (κ2) is 5.81. The Hall–Kier alpha value is -2.34. The van der Waals surface area contributed by atoms with Crippen LogP contribution in [0.15, 0.2) is 24.3 Å². The van der Waals surface area contributed by atoms with Crippen LogP contribution in [0.3, 0.4) is 0 Å². The van der Waals surface area contributed by atoms with Gasteiger partial charge in [-0.15, -0.1) is 0 Å². The summed E-state index contributed by atoms with van der Waals surface area (Å²) in [7, 11) is 0. The number of aromatic nitrogens is 2. The van der Waals surface area contributed by atoms with Crippen LogP contribution in [0, 0.1) is 13.8 Å². The zero-order valence-corrected chi connectivity index (χ0v) is 12.9. The summed E-state index contributed by atoms with van der Waals surface area (Å²) in [4.78, 5) is 14.2. The van der Waals surface area contributed by atoms with Crippen LogP contribution in [0.1, 0.15) is 21.6 Å². The Kier molecular flexibility index (Phi) is 3.85. The Labute approximate surface area is 129 Å². The summed E-state index contributed by atoms with van der Waals surface area (Å²) in [5, 5.41) is 4.42. The molecule has 2 N–H and O–H groups in total. The van der Waals surface area contributed by atoms with Crippen molar-refractivity contribution in [3.8, 4) is 5.69 Å². The Bertz CT molecular complexity index is 702. The minimum Gasteiger partial charge on any atom is -0.384 e. The van der Waals surface area contributed by atoms with Crippen LogP contribution in [-0.2, 0) is 4.74 Å². The molecule has 1 saturated heterocycles. The number of aryl methyl sites for hydroxylation is 1. The number of hydrogen-bond acceptors (Lipinski definition) is 4. The minimum absolute atomic E-state index is 0.0981. The van der Waals surface area contributed by atoms with Crippen LogP contribution in [0.4, 0.5) is 5.82 Å². The second-order valence-electron chi connectivity index (χ2n) is 5.49. The molecular formula is C16H20N4O2. The highest BCUT2D eigenvalue weighted by atomic mass is 16.5. The highest BCUT2D eigenvalue weighted by Crippen LogP contribution is 2.21. The molecule has 116 valence electrons. The number of nitrogens with zero attached hydrogens (tertiary/aromatic N) is 3. The summed E-state index contributed by atoms with van der Waals surface area (Å²) >= 11 is 0. The molecule has 0 unspecified atom stereocenters. The number of ether oxygens (including phenoxy) is 1. The summed E-state index contributed by atoms with van der Waals surface area (Å²) < 4.78 is 6.90. The molecule has 6 nitrogen and oxygen atoms in total. The van der Waals surface area contributed by atoms with Crippen LogP contribution < -0.4 is 5.73 Å². The molecule has 0 atom stereocenters. The summed E-state index contributed by atoms with van der Waals surface area (Å²) in [5.74, 6) is 0.365. The maximum atomic E-state index is 12.5. The summed E-state index contributed by atoms with van der Waals surface area (Å²) in [6, 6.07) is 7.59. The van der Waals surface area contributed by atoms with Crippen molar-refractivity contribution in [2.45, 2.75) is 13.8 Å². The first-order chi connectivity index (χ1) is 10.6. The lowest BCUT2D eigenvalue weighted by Gasteiger charge is -2.25. The largest absolute Gasteiger partial charge is 0.384 e. The minimum atomic E-state index is -0.0981. The number of benzene rings is 1. The summed E-state index contributed by atoms with van der Waals surface area (Å²) in [6.45, 7) is 6.38. The molecule has 22 heavy (non-hydrogen) atoms. The molecule has 2 aromatic rings. The highest BCUT2D eigenvalue weighted by molar-refractivity contribution is 5.93. The Balaban J connectivity index is 1.93. The first-order valence-corrected chi connectivity index (χ1v) is 7.37. The predicted octanol–water partition coefficient (Wildman–Crippen LogP) is 1.54. The average molecular weight is 300 g/mol. The van der Waals surface area contributed by atoms with E-state index < -0.39 is 0 Å². The van der Waals surface area contributed by atoms with E-state index in [-0.39, 0.29) is 5.91 Å². The number of morpholine rings is 1. The molecule has 2 heterocycles. The molecule has 1 aliphatic heterocycles. The molecule has 1 fully saturated rings. The zero-order valence-electron chi connectivity index (χ0n) is 12.9. The smallest absolute Gasteiger partial charge is 0.274 e. The van der Waals surface area contributed by atoms with Crippen molar-refractivity contribution in [1.29, 1.82) is 0 Å². The van der Waals surface area contributed by atoms with E-state index in [4.69, 9.17) is 10.5 Å². The maximum absolute atomic E-state index is 12.5. The number of nitrogen functional groups attached to an aromatic ring is 1. The molecule has 6 heteroatoms. The Morgan fingerprint density at radius 2 is 2.00 bits per heavy atom. The van der Waals surface area contributed by atoms with Gasteiger partial charge in [-0.25, -0.2) is 4.68 Å². The van der Waals surface area contributed by atoms with Gasteiger partial charge in [0.05, 0.1) is 18.9 Å². The molecule has 0 saturated carbocycles. The first kappa shape index (κ1) is 14.6. The summed E-state index contributed by atoms with van der Waals surface area (Å²) in [5.41, 5.74) is 9.60. The van der Waals surface area contributed by atoms with Crippen LogP contribution in [0.25, 0.3) is 5.69 Å². The van der Waals surface area contributed by atoms with Crippen molar-refractivity contribution in [1.82, 2.24) is 14.7 Å². The predicted molar refractivity (Wildman–Crippen MR) is 84.2 cm³/mol. The van der Waals surface area contributed by atoms with Crippen molar-refractivity contribution in [2.75, 3.05) is 32.0 Å². The van der Waals surface area contributed by atoms with Crippen LogP contribution in [0.2, 0.25) is 0 Å². The van der Waals surface area contributed by atoms with Gasteiger partial charge in [-0.3, -0.25) is 4.79 Å². The van der Waals surface area contributed by atoms with Gasteiger partial charge in [-0.1, -0.05) is 12.1 Å².